The third-order valence-electron chi connectivity index (χ3n) is 1.89. The van der Waals surface area contributed by atoms with Crippen molar-refractivity contribution >= 4 is 17.9 Å². The molecule has 0 bridgehead atoms. The Labute approximate surface area is 93.4 Å². The Kier molecular flexibility index (Phi) is 4.08. The molecule has 0 aliphatic carbocycles. The molecule has 0 heterocycles. The van der Waals surface area contributed by atoms with Gasteiger partial charge in [0.2, 0.25) is 0 Å². The lowest BCUT2D eigenvalue weighted by Crippen LogP contribution is -2.19. The first-order chi connectivity index (χ1) is 7.69. The molecule has 84 valence electrons. The van der Waals surface area contributed by atoms with Gasteiger partial charge in [0.15, 0.2) is 0 Å². The highest BCUT2D eigenvalue weighted by Crippen LogP contribution is 2.08. The van der Waals surface area contributed by atoms with Crippen LogP contribution in [0.2, 0.25) is 0 Å². The predicted octanol–water partition coefficient (Wildman–Crippen LogP) is 1.09. The van der Waals surface area contributed by atoms with Crippen LogP contribution in [0, 0.1) is 5.41 Å². The van der Waals surface area contributed by atoms with E-state index in [9.17, 15) is 4.79 Å². The van der Waals surface area contributed by atoms with E-state index in [1.807, 2.05) is 18.2 Å². The number of nitrogens with one attached hydrogen (secondary N) is 2. The number of esters is 1. The third kappa shape index (κ3) is 2.84. The van der Waals surface area contributed by atoms with Crippen LogP contribution in [0.5, 0.6) is 0 Å². The van der Waals surface area contributed by atoms with Crippen LogP contribution >= 0.6 is 0 Å². The molecule has 1 rings (SSSR count). The molecule has 0 aliphatic heterocycles. The number of anilines is 1. The normalized spacial score (nSPS) is 11.3. The Morgan fingerprint density at radius 2 is 2.06 bits per heavy atom. The van der Waals surface area contributed by atoms with Crippen molar-refractivity contribution in [3.8, 4) is 0 Å². The van der Waals surface area contributed by atoms with E-state index < -0.39 is 5.97 Å². The van der Waals surface area contributed by atoms with E-state index in [-0.39, 0.29) is 11.4 Å². The molecule has 0 atom stereocenters. The SMILES string of the molecule is COC(=O)/C(C=N)=C(\N)Nc1ccccc1. The molecule has 0 saturated heterocycles. The Bertz CT molecular complexity index is 412. The Morgan fingerprint density at radius 1 is 1.44 bits per heavy atom. The van der Waals surface area contributed by atoms with Crippen LogP contribution in [0.25, 0.3) is 0 Å². The molecule has 0 aliphatic rings. The average Bonchev–Trinajstić information content (AvgIpc) is 2.31. The second-order valence-electron chi connectivity index (χ2n) is 2.95. The van der Waals surface area contributed by atoms with E-state index >= 15 is 0 Å². The zero-order valence-corrected chi connectivity index (χ0v) is 8.86. The fourth-order valence-electron chi connectivity index (χ4n) is 1.10. The van der Waals surface area contributed by atoms with E-state index in [0.29, 0.717) is 0 Å². The second-order valence-corrected chi connectivity index (χ2v) is 2.95. The van der Waals surface area contributed by atoms with Gasteiger partial charge < -0.3 is 21.2 Å². The topological polar surface area (TPSA) is 88.2 Å². The predicted molar refractivity (Wildman–Crippen MR) is 62.1 cm³/mol. The minimum Gasteiger partial charge on any atom is -0.465 e. The summed E-state index contributed by atoms with van der Waals surface area (Å²) in [4.78, 5) is 11.2. The number of carbonyl (C=O) groups excluding carboxylic acids is 1. The maximum Gasteiger partial charge on any atom is 0.343 e. The quantitative estimate of drug-likeness (QED) is 0.402. The largest absolute Gasteiger partial charge is 0.465 e. The molecule has 0 fully saturated rings. The highest BCUT2D eigenvalue weighted by Gasteiger charge is 2.11. The molecule has 16 heavy (non-hydrogen) atoms. The molecule has 5 heteroatoms. The number of para-hydroxylation sites is 1. The molecular weight excluding hydrogens is 206 g/mol. The van der Waals surface area contributed by atoms with Gasteiger partial charge in [-0.1, -0.05) is 18.2 Å². The molecule has 0 saturated carbocycles. The summed E-state index contributed by atoms with van der Waals surface area (Å²) in [5.41, 5.74) is 6.38. The van der Waals surface area contributed by atoms with Crippen molar-refractivity contribution in [2.75, 3.05) is 12.4 Å². The van der Waals surface area contributed by atoms with E-state index in [1.54, 1.807) is 12.1 Å². The molecule has 0 spiro atoms. The van der Waals surface area contributed by atoms with Crippen molar-refractivity contribution < 1.29 is 9.53 Å². The molecule has 0 amide bonds. The minimum atomic E-state index is -0.643. The van der Waals surface area contributed by atoms with Gasteiger partial charge >= 0.3 is 5.97 Å². The van der Waals surface area contributed by atoms with Crippen molar-refractivity contribution in [2.45, 2.75) is 0 Å². The lowest BCUT2D eigenvalue weighted by molar-refractivity contribution is -0.135. The lowest BCUT2D eigenvalue weighted by atomic mass is 10.2. The van der Waals surface area contributed by atoms with Gasteiger partial charge in [-0.05, 0) is 12.1 Å². The van der Waals surface area contributed by atoms with Crippen LogP contribution in [-0.2, 0) is 9.53 Å². The molecule has 4 N–H and O–H groups in total. The Morgan fingerprint density at radius 3 is 2.56 bits per heavy atom. The zero-order valence-electron chi connectivity index (χ0n) is 8.86. The van der Waals surface area contributed by atoms with Crippen LogP contribution in [0.1, 0.15) is 0 Å². The summed E-state index contributed by atoms with van der Waals surface area (Å²) >= 11 is 0. The summed E-state index contributed by atoms with van der Waals surface area (Å²) in [7, 11) is 1.24. The fraction of sp³-hybridized carbons (Fsp3) is 0.0909. The minimum absolute atomic E-state index is 0.00801. The zero-order chi connectivity index (χ0) is 12.0. The first-order valence-electron chi connectivity index (χ1n) is 4.59. The summed E-state index contributed by atoms with van der Waals surface area (Å²) < 4.78 is 4.49. The number of nitrogens with two attached hydrogens (primary N) is 1. The summed E-state index contributed by atoms with van der Waals surface area (Å²) in [5.74, 6) is -0.552. The Hall–Kier alpha value is -2.30. The average molecular weight is 219 g/mol. The molecular formula is C11H13N3O2. The monoisotopic (exact) mass is 219 g/mol. The van der Waals surface area contributed by atoms with Gasteiger partial charge in [-0.2, -0.15) is 0 Å². The fourth-order valence-corrected chi connectivity index (χ4v) is 1.10. The molecule has 0 radical (unpaired) electrons. The van der Waals surface area contributed by atoms with Gasteiger partial charge in [0.05, 0.1) is 7.11 Å². The van der Waals surface area contributed by atoms with E-state index in [2.05, 4.69) is 10.1 Å². The van der Waals surface area contributed by atoms with Crippen molar-refractivity contribution in [3.05, 3.63) is 41.7 Å². The number of rotatable bonds is 4. The number of hydrogen-bond donors (Lipinski definition) is 3. The molecule has 5 nitrogen and oxygen atoms in total. The third-order valence-corrected chi connectivity index (χ3v) is 1.89. The van der Waals surface area contributed by atoms with Gasteiger partial charge in [-0.25, -0.2) is 4.79 Å². The molecule has 1 aromatic rings. The van der Waals surface area contributed by atoms with Crippen molar-refractivity contribution in [1.29, 1.82) is 5.41 Å². The maximum absolute atomic E-state index is 11.2. The summed E-state index contributed by atoms with van der Waals surface area (Å²) in [6.45, 7) is 0. The summed E-state index contributed by atoms with van der Waals surface area (Å²) in [6.07, 6.45) is 0.858. The Balaban J connectivity index is 2.91. The van der Waals surface area contributed by atoms with E-state index in [0.717, 1.165) is 11.9 Å². The lowest BCUT2D eigenvalue weighted by Gasteiger charge is -2.08. The standard InChI is InChI=1S/C11H13N3O2/c1-16-11(15)9(7-12)10(13)14-8-5-3-2-4-6-8/h2-7,12,14H,13H2,1H3/b10-9+,12-7?. The van der Waals surface area contributed by atoms with Gasteiger partial charge in [0.1, 0.15) is 11.4 Å². The van der Waals surface area contributed by atoms with Gasteiger partial charge in [-0.15, -0.1) is 0 Å². The van der Waals surface area contributed by atoms with Crippen molar-refractivity contribution in [3.63, 3.8) is 0 Å². The van der Waals surface area contributed by atoms with E-state index in [4.69, 9.17) is 11.1 Å². The number of methoxy groups -OCH3 is 1. The van der Waals surface area contributed by atoms with Crippen LogP contribution < -0.4 is 11.1 Å². The van der Waals surface area contributed by atoms with Crippen LogP contribution in [-0.4, -0.2) is 19.3 Å². The van der Waals surface area contributed by atoms with Gasteiger partial charge in [0, 0.05) is 11.9 Å². The van der Waals surface area contributed by atoms with Crippen LogP contribution in [0.15, 0.2) is 41.7 Å². The highest BCUT2D eigenvalue weighted by atomic mass is 16.5. The van der Waals surface area contributed by atoms with Crippen molar-refractivity contribution in [2.24, 2.45) is 5.73 Å². The van der Waals surface area contributed by atoms with E-state index in [1.165, 1.54) is 7.11 Å². The number of hydrogen-bond acceptors (Lipinski definition) is 5. The first kappa shape index (κ1) is 11.8. The van der Waals surface area contributed by atoms with Gasteiger partial charge in [0.25, 0.3) is 0 Å². The molecule has 0 aromatic heterocycles. The molecule has 1 aromatic carbocycles. The van der Waals surface area contributed by atoms with Crippen LogP contribution in [0.4, 0.5) is 5.69 Å². The number of carbonyl (C=O) groups is 1. The van der Waals surface area contributed by atoms with Gasteiger partial charge in [-0.3, -0.25) is 0 Å². The smallest absolute Gasteiger partial charge is 0.343 e. The number of benzene rings is 1. The summed E-state index contributed by atoms with van der Waals surface area (Å²) in [5, 5.41) is 9.90. The number of ether oxygens (including phenoxy) is 1. The second kappa shape index (κ2) is 5.55. The maximum atomic E-state index is 11.2. The summed E-state index contributed by atoms with van der Waals surface area (Å²) in [6, 6.07) is 9.12. The van der Waals surface area contributed by atoms with Crippen molar-refractivity contribution in [1.82, 2.24) is 0 Å². The van der Waals surface area contributed by atoms with Crippen LogP contribution in [0.3, 0.4) is 0 Å². The molecule has 0 unspecified atom stereocenters. The first-order valence-corrected chi connectivity index (χ1v) is 4.59. The highest BCUT2D eigenvalue weighted by molar-refractivity contribution is 6.09.